The van der Waals surface area contributed by atoms with Crippen molar-refractivity contribution in [2.45, 2.75) is 32.4 Å². The van der Waals surface area contributed by atoms with E-state index in [2.05, 4.69) is 31.2 Å². The molecule has 31 heavy (non-hydrogen) atoms. The highest BCUT2D eigenvalue weighted by atomic mass is 16.5. The number of benzene rings is 2. The molecule has 164 valence electrons. The van der Waals surface area contributed by atoms with Crippen LogP contribution in [0.3, 0.4) is 0 Å². The van der Waals surface area contributed by atoms with E-state index in [1.807, 2.05) is 24.3 Å². The number of amides is 2. The van der Waals surface area contributed by atoms with E-state index in [1.54, 1.807) is 12.0 Å². The van der Waals surface area contributed by atoms with Crippen LogP contribution in [0.5, 0.6) is 5.75 Å². The van der Waals surface area contributed by atoms with Gasteiger partial charge < -0.3 is 14.5 Å². The normalized spacial score (nSPS) is 23.9. The molecule has 2 aromatic rings. The third-order valence-corrected chi connectivity index (χ3v) is 6.66. The van der Waals surface area contributed by atoms with Crippen LogP contribution in [0.25, 0.3) is 0 Å². The maximum absolute atomic E-state index is 13.0. The molecule has 0 bridgehead atoms. The van der Waals surface area contributed by atoms with Crippen molar-refractivity contribution in [2.75, 3.05) is 39.8 Å². The van der Waals surface area contributed by atoms with E-state index in [0.717, 1.165) is 44.0 Å². The summed E-state index contributed by atoms with van der Waals surface area (Å²) in [5, 5.41) is 0. The number of quaternary nitrogens is 2. The van der Waals surface area contributed by atoms with E-state index in [1.165, 1.54) is 20.9 Å². The molecule has 2 N–H and O–H groups in total. The van der Waals surface area contributed by atoms with Gasteiger partial charge in [-0.25, -0.2) is 0 Å². The van der Waals surface area contributed by atoms with Gasteiger partial charge in [-0.3, -0.25) is 14.5 Å². The number of carbonyl (C=O) groups excluding carboxylic acids is 2. The highest BCUT2D eigenvalue weighted by Gasteiger charge is 2.45. The minimum Gasteiger partial charge on any atom is -0.497 e. The summed E-state index contributed by atoms with van der Waals surface area (Å²) in [5.74, 6) is 0.797. The average Bonchev–Trinajstić information content (AvgIpc) is 3.06. The van der Waals surface area contributed by atoms with Crippen LogP contribution in [0.2, 0.25) is 0 Å². The lowest BCUT2D eigenvalue weighted by Crippen LogP contribution is -3.29. The fourth-order valence-corrected chi connectivity index (χ4v) is 4.83. The Balaban J connectivity index is 1.28. The van der Waals surface area contributed by atoms with Crippen LogP contribution in [0.4, 0.5) is 0 Å². The molecule has 2 saturated heterocycles. The van der Waals surface area contributed by atoms with E-state index in [-0.39, 0.29) is 17.9 Å². The maximum Gasteiger partial charge on any atom is 0.288 e. The molecule has 2 aliphatic rings. The number of piperazine rings is 1. The van der Waals surface area contributed by atoms with Crippen molar-refractivity contribution in [3.05, 3.63) is 65.2 Å². The Morgan fingerprint density at radius 2 is 1.74 bits per heavy atom. The van der Waals surface area contributed by atoms with Crippen molar-refractivity contribution < 1.29 is 24.1 Å². The Hall–Kier alpha value is -2.70. The molecule has 6 nitrogen and oxygen atoms in total. The van der Waals surface area contributed by atoms with Gasteiger partial charge in [0.05, 0.1) is 13.5 Å². The zero-order valence-electron chi connectivity index (χ0n) is 18.5. The summed E-state index contributed by atoms with van der Waals surface area (Å²) in [5.41, 5.74) is 3.77. The number of aryl methyl sites for hydroxylation is 1. The van der Waals surface area contributed by atoms with Gasteiger partial charge >= 0.3 is 0 Å². The van der Waals surface area contributed by atoms with Gasteiger partial charge in [-0.1, -0.05) is 42.0 Å². The van der Waals surface area contributed by atoms with Crippen LogP contribution < -0.4 is 14.5 Å². The molecule has 1 atom stereocenters. The minimum absolute atomic E-state index is 0.00986. The molecule has 0 aliphatic carbocycles. The number of hydrogen-bond acceptors (Lipinski definition) is 3. The fraction of sp³-hybridized carbons (Fsp3) is 0.440. The van der Waals surface area contributed by atoms with Crippen LogP contribution in [-0.4, -0.2) is 62.6 Å². The molecular formula is C25H33N3O3+2. The van der Waals surface area contributed by atoms with Gasteiger partial charge in [0.1, 0.15) is 38.5 Å². The first-order valence-electron chi connectivity index (χ1n) is 11.2. The molecule has 0 aromatic heterocycles. The number of ether oxygens (including phenoxy) is 1. The minimum atomic E-state index is -0.205. The second-order valence-electron chi connectivity index (χ2n) is 8.81. The summed E-state index contributed by atoms with van der Waals surface area (Å²) in [6.45, 7) is 7.57. The first-order chi connectivity index (χ1) is 15.0. The fourth-order valence-electron chi connectivity index (χ4n) is 4.83. The summed E-state index contributed by atoms with van der Waals surface area (Å²) in [7, 11) is 1.64. The number of methoxy groups -OCH3 is 1. The van der Waals surface area contributed by atoms with Crippen LogP contribution in [-0.2, 0) is 22.6 Å². The van der Waals surface area contributed by atoms with Gasteiger partial charge in [-0.15, -0.1) is 0 Å². The molecule has 2 amide bonds. The molecule has 4 rings (SSSR count). The zero-order valence-corrected chi connectivity index (χ0v) is 18.5. The highest BCUT2D eigenvalue weighted by molar-refractivity contribution is 6.04. The SMILES string of the molecule is COc1ccc(CCN2C(=O)C[C@@H]([NH+]3CC[NH+](Cc4cccc(C)c4)CC3)C2=O)cc1. The van der Waals surface area contributed by atoms with Crippen molar-refractivity contribution in [3.63, 3.8) is 0 Å². The quantitative estimate of drug-likeness (QED) is 0.599. The van der Waals surface area contributed by atoms with Crippen molar-refractivity contribution in [1.82, 2.24) is 4.90 Å². The van der Waals surface area contributed by atoms with Crippen molar-refractivity contribution >= 4 is 11.8 Å². The largest absolute Gasteiger partial charge is 0.497 e. The number of carbonyl (C=O) groups is 2. The maximum atomic E-state index is 13.0. The average molecular weight is 424 g/mol. The number of imide groups is 1. The predicted octanol–water partition coefficient (Wildman–Crippen LogP) is -0.343. The topological polar surface area (TPSA) is 55.5 Å². The van der Waals surface area contributed by atoms with Crippen molar-refractivity contribution in [1.29, 1.82) is 0 Å². The molecule has 0 saturated carbocycles. The van der Waals surface area contributed by atoms with E-state index < -0.39 is 0 Å². The lowest BCUT2D eigenvalue weighted by molar-refractivity contribution is -1.02. The van der Waals surface area contributed by atoms with Crippen molar-refractivity contribution in [2.24, 2.45) is 0 Å². The van der Waals surface area contributed by atoms with Gasteiger partial charge in [-0.2, -0.15) is 0 Å². The Morgan fingerprint density at radius 3 is 2.42 bits per heavy atom. The van der Waals surface area contributed by atoms with E-state index in [9.17, 15) is 9.59 Å². The monoisotopic (exact) mass is 423 g/mol. The smallest absolute Gasteiger partial charge is 0.288 e. The number of likely N-dealkylation sites (tertiary alicyclic amines) is 1. The summed E-state index contributed by atoms with van der Waals surface area (Å²) in [6.07, 6.45) is 1.03. The van der Waals surface area contributed by atoms with Crippen molar-refractivity contribution in [3.8, 4) is 5.75 Å². The van der Waals surface area contributed by atoms with Crippen LogP contribution in [0.15, 0.2) is 48.5 Å². The summed E-state index contributed by atoms with van der Waals surface area (Å²) in [6, 6.07) is 16.3. The summed E-state index contributed by atoms with van der Waals surface area (Å²) >= 11 is 0. The number of rotatable bonds is 7. The lowest BCUT2D eigenvalue weighted by atomic mass is 10.1. The molecule has 2 aromatic carbocycles. The highest BCUT2D eigenvalue weighted by Crippen LogP contribution is 2.15. The Kier molecular flexibility index (Phi) is 6.68. The van der Waals surface area contributed by atoms with E-state index >= 15 is 0 Å². The Morgan fingerprint density at radius 1 is 1.00 bits per heavy atom. The summed E-state index contributed by atoms with van der Waals surface area (Å²) < 4.78 is 5.19. The first-order valence-corrected chi connectivity index (χ1v) is 11.2. The van der Waals surface area contributed by atoms with Crippen LogP contribution in [0, 0.1) is 6.92 Å². The molecule has 2 aliphatic heterocycles. The standard InChI is InChI=1S/C25H31N3O3/c1-19-4-3-5-21(16-19)18-26-12-14-27(15-13-26)23-17-24(29)28(25(23)30)11-10-20-6-8-22(31-2)9-7-20/h3-9,16,23H,10-15,17-18H2,1-2H3/p+2/t23-/m1/s1. The molecule has 2 heterocycles. The lowest BCUT2D eigenvalue weighted by Gasteiger charge is -2.32. The number of nitrogens with one attached hydrogen (secondary N) is 2. The predicted molar refractivity (Wildman–Crippen MR) is 118 cm³/mol. The Bertz CT molecular complexity index is 920. The third-order valence-electron chi connectivity index (χ3n) is 6.66. The summed E-state index contributed by atoms with van der Waals surface area (Å²) in [4.78, 5) is 29.9. The third kappa shape index (κ3) is 5.14. The first kappa shape index (κ1) is 21.5. The van der Waals surface area contributed by atoms with Gasteiger partial charge in [-0.05, 0) is 31.0 Å². The number of hydrogen-bond donors (Lipinski definition) is 2. The molecule has 2 fully saturated rings. The van der Waals surface area contributed by atoms with Gasteiger partial charge in [0.2, 0.25) is 5.91 Å². The Labute approximate surface area is 184 Å². The van der Waals surface area contributed by atoms with E-state index in [0.29, 0.717) is 19.4 Å². The number of nitrogens with zero attached hydrogens (tertiary/aromatic N) is 1. The van der Waals surface area contributed by atoms with Gasteiger partial charge in [0, 0.05) is 12.1 Å². The van der Waals surface area contributed by atoms with Crippen LogP contribution >= 0.6 is 0 Å². The second kappa shape index (κ2) is 9.62. The zero-order chi connectivity index (χ0) is 21.8. The second-order valence-corrected chi connectivity index (χ2v) is 8.81. The molecule has 0 spiro atoms. The molecule has 0 radical (unpaired) electrons. The van der Waals surface area contributed by atoms with E-state index in [4.69, 9.17) is 4.74 Å². The molecule has 0 unspecified atom stereocenters. The van der Waals surface area contributed by atoms with Gasteiger partial charge in [0.25, 0.3) is 5.91 Å². The molecule has 6 heteroatoms. The van der Waals surface area contributed by atoms with Gasteiger partial charge in [0.15, 0.2) is 6.04 Å². The molecular weight excluding hydrogens is 390 g/mol. The van der Waals surface area contributed by atoms with Crippen LogP contribution in [0.1, 0.15) is 23.1 Å².